The Bertz CT molecular complexity index is 565. The second-order valence-electron chi connectivity index (χ2n) is 3.92. The maximum Gasteiger partial charge on any atom is 0.337 e. The van der Waals surface area contributed by atoms with E-state index in [1.54, 1.807) is 6.07 Å². The lowest BCUT2D eigenvalue weighted by Gasteiger charge is -2.26. The predicted molar refractivity (Wildman–Crippen MR) is 66.7 cm³/mol. The van der Waals surface area contributed by atoms with E-state index in [4.69, 9.17) is 11.0 Å². The van der Waals surface area contributed by atoms with Gasteiger partial charge >= 0.3 is 5.97 Å². The highest BCUT2D eigenvalue weighted by Crippen LogP contribution is 2.21. The number of quaternary nitrogens is 1. The number of hydrogen-bond donors (Lipinski definition) is 2. The van der Waals surface area contributed by atoms with Gasteiger partial charge in [0.15, 0.2) is 0 Å². The Morgan fingerprint density at radius 3 is 2.60 bits per heavy atom. The number of nitrogens with two attached hydrogens (primary N) is 1. The summed E-state index contributed by atoms with van der Waals surface area (Å²) < 4.78 is 4.51. The van der Waals surface area contributed by atoms with Gasteiger partial charge in [0.05, 0.1) is 18.7 Å². The quantitative estimate of drug-likeness (QED) is 0.519. The van der Waals surface area contributed by atoms with E-state index in [1.807, 2.05) is 0 Å². The molecule has 1 rings (SSSR count). The molecule has 0 spiro atoms. The number of esters is 1. The maximum atomic E-state index is 11.4. The molecule has 20 heavy (non-hydrogen) atoms. The van der Waals surface area contributed by atoms with E-state index >= 15 is 0 Å². The lowest BCUT2D eigenvalue weighted by Crippen LogP contribution is -3.00. The van der Waals surface area contributed by atoms with Crippen molar-refractivity contribution < 1.29 is 19.6 Å². The Morgan fingerprint density at radius 2 is 2.15 bits per heavy atom. The highest BCUT2D eigenvalue weighted by Gasteiger charge is 2.22. The molecule has 0 aliphatic heterocycles. The first-order chi connectivity index (χ1) is 9.40. The molecule has 0 radical (unpaired) electrons. The number of nitrogens with zero attached hydrogens (tertiary/aromatic N) is 1. The molecule has 0 bridgehead atoms. The van der Waals surface area contributed by atoms with Crippen molar-refractivity contribution in [1.82, 2.24) is 0 Å². The summed E-state index contributed by atoms with van der Waals surface area (Å²) >= 11 is 0. The Morgan fingerprint density at radius 1 is 1.50 bits per heavy atom. The number of ether oxygens (including phenoxy) is 1. The zero-order chi connectivity index (χ0) is 15.3. The fraction of sp³-hybridized carbons (Fsp3) is 0.250. The van der Waals surface area contributed by atoms with Crippen LogP contribution in [0.1, 0.15) is 27.4 Å². The van der Waals surface area contributed by atoms with Crippen molar-refractivity contribution >= 4 is 11.9 Å². The topological polar surface area (TPSA) is 144 Å². The molecule has 1 aromatic carbocycles. The summed E-state index contributed by atoms with van der Waals surface area (Å²) in [7, 11) is 1.18. The maximum absolute atomic E-state index is 11.4. The first-order valence-corrected chi connectivity index (χ1v) is 5.50. The number of nitriles is 1. The predicted octanol–water partition coefficient (Wildman–Crippen LogP) is -1.05. The molecule has 8 heteroatoms. The molecule has 1 atom stereocenters. The van der Waals surface area contributed by atoms with E-state index in [1.165, 1.54) is 25.3 Å². The Kier molecular flexibility index (Phi) is 5.16. The van der Waals surface area contributed by atoms with Gasteiger partial charge in [-0.15, -0.1) is 0 Å². The number of hydrogen-bond acceptors (Lipinski definition) is 6. The van der Waals surface area contributed by atoms with Gasteiger partial charge in [-0.25, -0.2) is 4.79 Å². The molecule has 106 valence electrons. The lowest BCUT2D eigenvalue weighted by atomic mass is 9.93. The van der Waals surface area contributed by atoms with Crippen LogP contribution in [0.25, 0.3) is 0 Å². The summed E-state index contributed by atoms with van der Waals surface area (Å²) in [5.74, 6) is -2.86. The van der Waals surface area contributed by atoms with Crippen LogP contribution in [0.2, 0.25) is 0 Å². The van der Waals surface area contributed by atoms with Crippen LogP contribution >= 0.6 is 0 Å². The molecule has 1 amide bonds. The Hall–Kier alpha value is -2.47. The first-order valence-electron chi connectivity index (χ1n) is 5.50. The van der Waals surface area contributed by atoms with Gasteiger partial charge in [-0.05, 0) is 17.7 Å². The third kappa shape index (κ3) is 3.52. The summed E-state index contributed by atoms with van der Waals surface area (Å²) in [6, 6.07) is 5.57. The van der Waals surface area contributed by atoms with Crippen LogP contribution in [-0.4, -0.2) is 19.0 Å². The van der Waals surface area contributed by atoms with Crippen molar-refractivity contribution in [3.05, 3.63) is 45.3 Å². The van der Waals surface area contributed by atoms with Gasteiger partial charge in [0, 0.05) is 5.56 Å². The number of carbonyl (C=O) groups excluding carboxylic acids is 2. The molecule has 1 unspecified atom stereocenters. The minimum atomic E-state index is -1.41. The molecule has 1 aromatic rings. The summed E-state index contributed by atoms with van der Waals surface area (Å²) in [5, 5.41) is 29.0. The highest BCUT2D eigenvalue weighted by atomic mass is 16.8. The zero-order valence-corrected chi connectivity index (χ0v) is 10.6. The number of primary amides is 1. The summed E-state index contributed by atoms with van der Waals surface area (Å²) in [6.45, 7) is -0.550. The van der Waals surface area contributed by atoms with Crippen LogP contribution in [-0.2, 0) is 16.1 Å². The van der Waals surface area contributed by atoms with Crippen LogP contribution in [0.4, 0.5) is 0 Å². The van der Waals surface area contributed by atoms with Gasteiger partial charge in [0.2, 0.25) is 5.91 Å². The second kappa shape index (κ2) is 6.63. The van der Waals surface area contributed by atoms with Crippen LogP contribution in [0.15, 0.2) is 18.2 Å². The Balaban J connectivity index is 3.33. The third-order valence-corrected chi connectivity index (χ3v) is 2.62. The van der Waals surface area contributed by atoms with E-state index in [0.717, 1.165) is 0 Å². The molecular formula is C12H12N3O5-. The molecule has 0 aliphatic rings. The zero-order valence-electron chi connectivity index (χ0n) is 10.6. The number of benzene rings is 1. The van der Waals surface area contributed by atoms with Crippen LogP contribution < -0.4 is 11.0 Å². The van der Waals surface area contributed by atoms with E-state index in [0.29, 0.717) is 0 Å². The summed E-state index contributed by atoms with van der Waals surface area (Å²) in [6.07, 6.45) is 0. The van der Waals surface area contributed by atoms with Crippen molar-refractivity contribution in [2.24, 2.45) is 5.73 Å². The number of nitrogens with one attached hydrogen (secondary N) is 1. The van der Waals surface area contributed by atoms with E-state index < -0.39 is 29.6 Å². The monoisotopic (exact) mass is 278 g/mol. The van der Waals surface area contributed by atoms with Crippen LogP contribution in [0.5, 0.6) is 0 Å². The molecule has 8 nitrogen and oxygen atoms in total. The van der Waals surface area contributed by atoms with E-state index in [2.05, 4.69) is 4.74 Å². The van der Waals surface area contributed by atoms with Gasteiger partial charge in [-0.2, -0.15) is 5.26 Å². The number of carbonyl (C=O) groups is 2. The van der Waals surface area contributed by atoms with Crippen molar-refractivity contribution in [1.29, 1.82) is 5.26 Å². The number of hydroxylamine groups is 2. The van der Waals surface area contributed by atoms with E-state index in [-0.39, 0.29) is 16.7 Å². The summed E-state index contributed by atoms with van der Waals surface area (Å²) in [4.78, 5) is 22.6. The van der Waals surface area contributed by atoms with Crippen molar-refractivity contribution in [3.63, 3.8) is 0 Å². The molecule has 0 saturated carbocycles. The normalized spacial score (nSPS) is 11.8. The standard InChI is InChI=1S/C12H12N3O5/c1-20-12(17)7-2-3-9(10(5-13)11(14)16)8(4-7)6-15(18)19/h2-4,10,15H,6H2,1H3,(H2,14,16)/q-1. The molecule has 0 aliphatic carbocycles. The average molecular weight is 278 g/mol. The fourth-order valence-corrected chi connectivity index (χ4v) is 1.73. The smallest absolute Gasteiger partial charge is 0.337 e. The number of rotatable bonds is 5. The van der Waals surface area contributed by atoms with Gasteiger partial charge in [-0.1, -0.05) is 6.07 Å². The molecule has 0 heterocycles. The van der Waals surface area contributed by atoms with Crippen molar-refractivity contribution in [2.75, 3.05) is 7.11 Å². The molecule has 0 fully saturated rings. The molecule has 0 aromatic heterocycles. The molecule has 0 saturated heterocycles. The third-order valence-electron chi connectivity index (χ3n) is 2.62. The number of methoxy groups -OCH3 is 1. The minimum absolute atomic E-state index is 0.105. The molecule has 3 N–H and O–H groups in total. The van der Waals surface area contributed by atoms with Crippen molar-refractivity contribution in [3.8, 4) is 6.07 Å². The van der Waals surface area contributed by atoms with E-state index in [9.17, 15) is 20.0 Å². The van der Waals surface area contributed by atoms with Gasteiger partial charge in [0.1, 0.15) is 12.5 Å². The average Bonchev–Trinajstić information content (AvgIpc) is 2.39. The van der Waals surface area contributed by atoms with Gasteiger partial charge in [-0.3, -0.25) is 4.79 Å². The SMILES string of the molecule is COC(=O)c1ccc(C(C#N)C(N)=O)c(C[NH+]([O-])[O-])c1. The molecular weight excluding hydrogens is 266 g/mol. The minimum Gasteiger partial charge on any atom is -0.633 e. The fourth-order valence-electron chi connectivity index (χ4n) is 1.73. The van der Waals surface area contributed by atoms with Gasteiger partial charge in [0.25, 0.3) is 0 Å². The van der Waals surface area contributed by atoms with Crippen LogP contribution in [0, 0.1) is 21.7 Å². The summed E-state index contributed by atoms with van der Waals surface area (Å²) in [5.41, 5.74) is 5.44. The number of amides is 1. The Labute approximate surface area is 114 Å². The highest BCUT2D eigenvalue weighted by molar-refractivity contribution is 5.90. The first kappa shape index (κ1) is 15.6. The van der Waals surface area contributed by atoms with Crippen molar-refractivity contribution in [2.45, 2.75) is 12.5 Å². The van der Waals surface area contributed by atoms with Gasteiger partial charge < -0.3 is 26.1 Å². The largest absolute Gasteiger partial charge is 0.633 e. The second-order valence-corrected chi connectivity index (χ2v) is 3.92. The lowest BCUT2D eigenvalue weighted by molar-refractivity contribution is -0.807. The van der Waals surface area contributed by atoms with Crippen LogP contribution in [0.3, 0.4) is 0 Å².